The quantitative estimate of drug-likeness (QED) is 0.664. The molecule has 2 heterocycles. The van der Waals surface area contributed by atoms with Gasteiger partial charge in [0.05, 0.1) is 11.2 Å². The van der Waals surface area contributed by atoms with Gasteiger partial charge in [0.2, 0.25) is 0 Å². The molecular formula is C11H17BN2O2. The van der Waals surface area contributed by atoms with E-state index in [1.807, 2.05) is 34.6 Å². The largest absolute Gasteiger partial charge is 0.534 e. The lowest BCUT2D eigenvalue weighted by molar-refractivity contribution is 0.00578. The van der Waals surface area contributed by atoms with Crippen molar-refractivity contribution in [3.05, 3.63) is 18.0 Å². The summed E-state index contributed by atoms with van der Waals surface area (Å²) < 4.78 is 11.7. The van der Waals surface area contributed by atoms with Crippen LogP contribution in [0.25, 0.3) is 0 Å². The van der Waals surface area contributed by atoms with E-state index < -0.39 is 7.12 Å². The van der Waals surface area contributed by atoms with Crippen molar-refractivity contribution >= 4 is 12.8 Å². The minimum absolute atomic E-state index is 0.341. The molecule has 0 aromatic carbocycles. The Morgan fingerprint density at radius 2 is 1.44 bits per heavy atom. The van der Waals surface area contributed by atoms with Gasteiger partial charge in [-0.3, -0.25) is 0 Å². The molecule has 86 valence electrons. The van der Waals surface area contributed by atoms with E-state index in [9.17, 15) is 0 Å². The molecule has 5 heteroatoms. The molecule has 1 aliphatic rings. The van der Waals surface area contributed by atoms with E-state index in [-0.39, 0.29) is 11.2 Å². The first-order valence-corrected chi connectivity index (χ1v) is 5.46. The molecule has 2 rings (SSSR count). The second-order valence-electron chi connectivity index (χ2n) is 5.21. The molecule has 1 aliphatic heterocycles. The van der Waals surface area contributed by atoms with Gasteiger partial charge < -0.3 is 9.31 Å². The molecule has 1 fully saturated rings. The van der Waals surface area contributed by atoms with E-state index in [0.717, 1.165) is 5.56 Å². The highest BCUT2D eigenvalue weighted by atomic mass is 16.7. The summed E-state index contributed by atoms with van der Waals surface area (Å²) in [6.45, 7) is 10.0. The third kappa shape index (κ3) is 1.85. The van der Waals surface area contributed by atoms with Crippen LogP contribution in [0.1, 0.15) is 33.3 Å². The van der Waals surface area contributed by atoms with Gasteiger partial charge in [0.25, 0.3) is 0 Å². The zero-order valence-electron chi connectivity index (χ0n) is 10.4. The predicted molar refractivity (Wildman–Crippen MR) is 62.5 cm³/mol. The maximum Gasteiger partial charge on any atom is 0.534 e. The van der Waals surface area contributed by atoms with Crippen molar-refractivity contribution in [3.63, 3.8) is 0 Å². The third-order valence-electron chi connectivity index (χ3n) is 3.26. The molecule has 0 atom stereocenters. The van der Waals surface area contributed by atoms with Crippen molar-refractivity contribution in [3.8, 4) is 0 Å². The minimum Gasteiger partial charge on any atom is -0.397 e. The summed E-state index contributed by atoms with van der Waals surface area (Å²) in [5.41, 5.74) is 0.933. The zero-order valence-corrected chi connectivity index (χ0v) is 10.4. The van der Waals surface area contributed by atoms with E-state index >= 15 is 0 Å². The molecule has 1 aromatic rings. The fourth-order valence-corrected chi connectivity index (χ4v) is 1.47. The Morgan fingerprint density at radius 3 is 1.88 bits per heavy atom. The van der Waals surface area contributed by atoms with Crippen molar-refractivity contribution in [1.29, 1.82) is 0 Å². The topological polar surface area (TPSA) is 44.2 Å². The second kappa shape index (κ2) is 3.53. The fourth-order valence-electron chi connectivity index (χ4n) is 1.47. The average Bonchev–Trinajstić information content (AvgIpc) is 2.37. The second-order valence-corrected chi connectivity index (χ2v) is 5.21. The van der Waals surface area contributed by atoms with Gasteiger partial charge >= 0.3 is 7.12 Å². The lowest BCUT2D eigenvalue weighted by Gasteiger charge is -2.32. The van der Waals surface area contributed by atoms with Crippen LogP contribution in [0.2, 0.25) is 0 Å². The summed E-state index contributed by atoms with van der Waals surface area (Å²) in [4.78, 5) is 8.46. The Labute approximate surface area is 96.5 Å². The number of nitrogens with zero attached hydrogens (tertiary/aromatic N) is 2. The maximum atomic E-state index is 5.84. The minimum atomic E-state index is -0.467. The smallest absolute Gasteiger partial charge is 0.397 e. The number of hydrogen-bond acceptors (Lipinski definition) is 4. The molecule has 16 heavy (non-hydrogen) atoms. The van der Waals surface area contributed by atoms with Crippen molar-refractivity contribution in [2.45, 2.75) is 45.8 Å². The third-order valence-corrected chi connectivity index (χ3v) is 3.26. The van der Waals surface area contributed by atoms with E-state index in [1.54, 1.807) is 12.4 Å². The molecule has 0 aliphatic carbocycles. The standard InChI is InChI=1S/C11H17BN2O2/c1-8-6-13-9(14-7-8)12-15-10(2,3)11(4,5)16-12/h6-7H,1-5H3. The van der Waals surface area contributed by atoms with Crippen molar-refractivity contribution in [1.82, 2.24) is 9.97 Å². The highest BCUT2D eigenvalue weighted by Gasteiger charge is 2.52. The normalized spacial score (nSPS) is 22.4. The van der Waals surface area contributed by atoms with Gasteiger partial charge in [-0.1, -0.05) is 0 Å². The number of hydrogen-bond donors (Lipinski definition) is 0. The monoisotopic (exact) mass is 220 g/mol. The SMILES string of the molecule is Cc1cnc(B2OC(C)(C)C(C)(C)O2)nc1. The van der Waals surface area contributed by atoms with E-state index in [1.165, 1.54) is 0 Å². The Kier molecular flexibility index (Phi) is 2.55. The van der Waals surface area contributed by atoms with E-state index in [0.29, 0.717) is 5.72 Å². The van der Waals surface area contributed by atoms with Crippen molar-refractivity contribution in [2.24, 2.45) is 0 Å². The molecule has 0 amide bonds. The molecule has 1 saturated heterocycles. The van der Waals surface area contributed by atoms with Gasteiger partial charge in [-0.15, -0.1) is 0 Å². The van der Waals surface area contributed by atoms with Crippen LogP contribution in [0, 0.1) is 6.92 Å². The van der Waals surface area contributed by atoms with Crippen LogP contribution in [0.3, 0.4) is 0 Å². The van der Waals surface area contributed by atoms with Gasteiger partial charge in [0.15, 0.2) is 5.72 Å². The summed E-state index contributed by atoms with van der Waals surface area (Å²) >= 11 is 0. The van der Waals surface area contributed by atoms with Gasteiger partial charge in [-0.2, -0.15) is 0 Å². The Balaban J connectivity index is 2.23. The first-order chi connectivity index (χ1) is 7.32. The number of aryl methyl sites for hydroxylation is 1. The highest BCUT2D eigenvalue weighted by Crippen LogP contribution is 2.36. The lowest BCUT2D eigenvalue weighted by Crippen LogP contribution is -2.41. The van der Waals surface area contributed by atoms with Crippen LogP contribution in [0.5, 0.6) is 0 Å². The maximum absolute atomic E-state index is 5.84. The van der Waals surface area contributed by atoms with Crippen molar-refractivity contribution < 1.29 is 9.31 Å². The summed E-state index contributed by atoms with van der Waals surface area (Å²) in [6, 6.07) is 0. The molecule has 0 saturated carbocycles. The zero-order chi connectivity index (χ0) is 12.0. The van der Waals surface area contributed by atoms with Crippen LogP contribution < -0.4 is 5.72 Å². The Hall–Kier alpha value is -0.935. The van der Waals surface area contributed by atoms with Crippen LogP contribution in [-0.4, -0.2) is 28.3 Å². The lowest BCUT2D eigenvalue weighted by atomic mass is 9.89. The molecule has 0 radical (unpaired) electrons. The predicted octanol–water partition coefficient (Wildman–Crippen LogP) is 1.08. The first kappa shape index (κ1) is 11.5. The molecule has 0 bridgehead atoms. The Morgan fingerprint density at radius 1 is 1.00 bits per heavy atom. The Bertz CT molecular complexity index is 373. The van der Waals surface area contributed by atoms with E-state index in [4.69, 9.17) is 9.31 Å². The van der Waals surface area contributed by atoms with Crippen LogP contribution in [0.4, 0.5) is 0 Å². The number of rotatable bonds is 1. The van der Waals surface area contributed by atoms with E-state index in [2.05, 4.69) is 9.97 Å². The summed E-state index contributed by atoms with van der Waals surface area (Å²) in [6.07, 6.45) is 3.54. The highest BCUT2D eigenvalue weighted by molar-refractivity contribution is 6.60. The molecule has 1 aromatic heterocycles. The molecule has 0 N–H and O–H groups in total. The van der Waals surface area contributed by atoms with Gasteiger partial charge in [-0.25, -0.2) is 9.97 Å². The summed E-state index contributed by atoms with van der Waals surface area (Å²) in [5.74, 6) is 0. The fraction of sp³-hybridized carbons (Fsp3) is 0.636. The average molecular weight is 220 g/mol. The van der Waals surface area contributed by atoms with Crippen LogP contribution in [0.15, 0.2) is 12.4 Å². The number of aromatic nitrogens is 2. The van der Waals surface area contributed by atoms with Gasteiger partial charge in [-0.05, 0) is 40.2 Å². The summed E-state index contributed by atoms with van der Waals surface area (Å²) in [7, 11) is -0.467. The van der Waals surface area contributed by atoms with Crippen molar-refractivity contribution in [2.75, 3.05) is 0 Å². The van der Waals surface area contributed by atoms with Crippen LogP contribution in [-0.2, 0) is 9.31 Å². The molecular weight excluding hydrogens is 203 g/mol. The molecule has 0 spiro atoms. The molecule has 0 unspecified atom stereocenters. The van der Waals surface area contributed by atoms with Crippen LogP contribution >= 0.6 is 0 Å². The first-order valence-electron chi connectivity index (χ1n) is 5.46. The molecule has 4 nitrogen and oxygen atoms in total. The van der Waals surface area contributed by atoms with Gasteiger partial charge in [0.1, 0.15) is 0 Å². The van der Waals surface area contributed by atoms with Gasteiger partial charge in [0, 0.05) is 12.4 Å². The summed E-state index contributed by atoms with van der Waals surface area (Å²) in [5, 5.41) is 0.